The standard InChI is InChI=1S/C11H19N/c1-3-8-4-9-6-11(2,7-12)10(9)5-8/h5,9-10H,3-4,6-7,12H2,1-2H3/t9-,10-,11-/m1/s1. The van der Waals surface area contributed by atoms with E-state index in [-0.39, 0.29) is 0 Å². The van der Waals surface area contributed by atoms with Crippen LogP contribution in [0.15, 0.2) is 11.6 Å². The number of nitrogens with two attached hydrogens (primary N) is 1. The molecule has 0 aromatic carbocycles. The summed E-state index contributed by atoms with van der Waals surface area (Å²) >= 11 is 0. The Labute approximate surface area is 75.0 Å². The van der Waals surface area contributed by atoms with Crippen LogP contribution < -0.4 is 5.73 Å². The van der Waals surface area contributed by atoms with E-state index in [4.69, 9.17) is 5.73 Å². The summed E-state index contributed by atoms with van der Waals surface area (Å²) in [6, 6.07) is 0. The summed E-state index contributed by atoms with van der Waals surface area (Å²) in [6.07, 6.45) is 6.46. The maximum absolute atomic E-state index is 5.78. The molecule has 2 aliphatic rings. The third kappa shape index (κ3) is 0.957. The maximum Gasteiger partial charge on any atom is -0.00173 e. The Balaban J connectivity index is 2.09. The van der Waals surface area contributed by atoms with Crippen molar-refractivity contribution in [3.63, 3.8) is 0 Å². The molecule has 0 heterocycles. The molecule has 1 saturated carbocycles. The third-order valence-corrected chi connectivity index (χ3v) is 3.90. The van der Waals surface area contributed by atoms with Gasteiger partial charge in [-0.05, 0) is 43.1 Å². The summed E-state index contributed by atoms with van der Waals surface area (Å²) in [6.45, 7) is 5.46. The molecular weight excluding hydrogens is 146 g/mol. The lowest BCUT2D eigenvalue weighted by Gasteiger charge is -2.49. The molecule has 0 aliphatic heterocycles. The Morgan fingerprint density at radius 2 is 2.42 bits per heavy atom. The van der Waals surface area contributed by atoms with Gasteiger partial charge in [-0.2, -0.15) is 0 Å². The summed E-state index contributed by atoms with van der Waals surface area (Å²) in [5, 5.41) is 0. The number of hydrogen-bond donors (Lipinski definition) is 1. The summed E-state index contributed by atoms with van der Waals surface area (Å²) in [5.41, 5.74) is 7.90. The van der Waals surface area contributed by atoms with E-state index in [1.54, 1.807) is 5.57 Å². The van der Waals surface area contributed by atoms with E-state index in [0.29, 0.717) is 5.41 Å². The number of fused-ring (bicyclic) bond motifs is 1. The summed E-state index contributed by atoms with van der Waals surface area (Å²) < 4.78 is 0. The van der Waals surface area contributed by atoms with Crippen molar-refractivity contribution in [1.82, 2.24) is 0 Å². The van der Waals surface area contributed by atoms with Gasteiger partial charge in [-0.1, -0.05) is 25.5 Å². The molecule has 0 unspecified atom stereocenters. The normalized spacial score (nSPS) is 45.1. The first-order valence-corrected chi connectivity index (χ1v) is 5.09. The second kappa shape index (κ2) is 2.59. The van der Waals surface area contributed by atoms with Crippen molar-refractivity contribution >= 4 is 0 Å². The molecular formula is C11H19N. The van der Waals surface area contributed by atoms with E-state index >= 15 is 0 Å². The second-order valence-electron chi connectivity index (χ2n) is 4.73. The molecule has 0 saturated heterocycles. The first-order valence-electron chi connectivity index (χ1n) is 5.09. The SMILES string of the molecule is CCC1=C[C@@H]2[C@H](C1)C[C@]2(C)CN. The lowest BCUT2D eigenvalue weighted by atomic mass is 9.56. The van der Waals surface area contributed by atoms with Gasteiger partial charge in [-0.3, -0.25) is 0 Å². The highest BCUT2D eigenvalue weighted by Gasteiger charge is 2.50. The van der Waals surface area contributed by atoms with Crippen LogP contribution in [0.2, 0.25) is 0 Å². The van der Waals surface area contributed by atoms with Gasteiger partial charge in [0.2, 0.25) is 0 Å². The van der Waals surface area contributed by atoms with Crippen LogP contribution in [0.4, 0.5) is 0 Å². The minimum atomic E-state index is 0.446. The van der Waals surface area contributed by atoms with Gasteiger partial charge in [-0.15, -0.1) is 0 Å². The van der Waals surface area contributed by atoms with Gasteiger partial charge in [0.1, 0.15) is 0 Å². The highest BCUT2D eigenvalue weighted by molar-refractivity contribution is 5.22. The smallest absolute Gasteiger partial charge is 0.00173 e. The van der Waals surface area contributed by atoms with Crippen molar-refractivity contribution in [2.24, 2.45) is 23.0 Å². The largest absolute Gasteiger partial charge is 0.330 e. The molecule has 12 heavy (non-hydrogen) atoms. The molecule has 2 rings (SSSR count). The zero-order valence-electron chi connectivity index (χ0n) is 8.14. The Morgan fingerprint density at radius 3 is 3.00 bits per heavy atom. The Morgan fingerprint density at radius 1 is 1.67 bits per heavy atom. The van der Waals surface area contributed by atoms with Crippen molar-refractivity contribution in [3.05, 3.63) is 11.6 Å². The van der Waals surface area contributed by atoms with Crippen molar-refractivity contribution < 1.29 is 0 Å². The molecule has 0 aromatic rings. The van der Waals surface area contributed by atoms with Crippen LogP contribution in [-0.4, -0.2) is 6.54 Å². The van der Waals surface area contributed by atoms with E-state index in [1.165, 1.54) is 19.3 Å². The fraction of sp³-hybridized carbons (Fsp3) is 0.818. The van der Waals surface area contributed by atoms with E-state index in [2.05, 4.69) is 19.9 Å². The molecule has 3 atom stereocenters. The molecule has 0 aromatic heterocycles. The quantitative estimate of drug-likeness (QED) is 0.624. The fourth-order valence-electron chi connectivity index (χ4n) is 2.95. The molecule has 1 fully saturated rings. The van der Waals surface area contributed by atoms with Gasteiger partial charge in [0, 0.05) is 0 Å². The molecule has 0 radical (unpaired) electrons. The van der Waals surface area contributed by atoms with Crippen molar-refractivity contribution in [3.8, 4) is 0 Å². The summed E-state index contributed by atoms with van der Waals surface area (Å²) in [5.74, 6) is 1.77. The topological polar surface area (TPSA) is 26.0 Å². The van der Waals surface area contributed by atoms with Crippen molar-refractivity contribution in [2.45, 2.75) is 33.1 Å². The molecule has 1 nitrogen and oxygen atoms in total. The van der Waals surface area contributed by atoms with Gasteiger partial charge in [-0.25, -0.2) is 0 Å². The maximum atomic E-state index is 5.78. The van der Waals surface area contributed by atoms with E-state index in [0.717, 1.165) is 18.4 Å². The monoisotopic (exact) mass is 165 g/mol. The van der Waals surface area contributed by atoms with Gasteiger partial charge in [0.15, 0.2) is 0 Å². The van der Waals surface area contributed by atoms with Gasteiger partial charge >= 0.3 is 0 Å². The molecule has 1 heteroatoms. The molecule has 0 spiro atoms. The summed E-state index contributed by atoms with van der Waals surface area (Å²) in [4.78, 5) is 0. The van der Waals surface area contributed by atoms with Gasteiger partial charge in [0.05, 0.1) is 0 Å². The van der Waals surface area contributed by atoms with Gasteiger partial charge in [0.25, 0.3) is 0 Å². The molecule has 2 N–H and O–H groups in total. The van der Waals surface area contributed by atoms with Crippen LogP contribution in [0.25, 0.3) is 0 Å². The van der Waals surface area contributed by atoms with Crippen molar-refractivity contribution in [1.29, 1.82) is 0 Å². The van der Waals surface area contributed by atoms with Crippen LogP contribution in [0.3, 0.4) is 0 Å². The van der Waals surface area contributed by atoms with Crippen molar-refractivity contribution in [2.75, 3.05) is 6.54 Å². The van der Waals surface area contributed by atoms with E-state index in [1.807, 2.05) is 0 Å². The minimum Gasteiger partial charge on any atom is -0.330 e. The van der Waals surface area contributed by atoms with Crippen LogP contribution in [0, 0.1) is 17.3 Å². The first kappa shape index (κ1) is 8.31. The molecule has 0 amide bonds. The fourth-order valence-corrected chi connectivity index (χ4v) is 2.95. The minimum absolute atomic E-state index is 0.446. The number of hydrogen-bond acceptors (Lipinski definition) is 1. The predicted octanol–water partition coefficient (Wildman–Crippen LogP) is 2.33. The number of allylic oxidation sites excluding steroid dienone is 2. The lowest BCUT2D eigenvalue weighted by Crippen LogP contribution is -2.47. The zero-order chi connectivity index (χ0) is 8.77. The molecule has 0 bridgehead atoms. The number of rotatable bonds is 2. The van der Waals surface area contributed by atoms with E-state index in [9.17, 15) is 0 Å². The van der Waals surface area contributed by atoms with Crippen LogP contribution in [0.1, 0.15) is 33.1 Å². The lowest BCUT2D eigenvalue weighted by molar-refractivity contribution is 0.0279. The highest BCUT2D eigenvalue weighted by atomic mass is 14.7. The average molecular weight is 165 g/mol. The average Bonchev–Trinajstić information content (AvgIpc) is 2.42. The Kier molecular flexibility index (Phi) is 1.80. The van der Waals surface area contributed by atoms with E-state index < -0.39 is 0 Å². The second-order valence-corrected chi connectivity index (χ2v) is 4.73. The summed E-state index contributed by atoms with van der Waals surface area (Å²) in [7, 11) is 0. The molecule has 2 aliphatic carbocycles. The van der Waals surface area contributed by atoms with Crippen LogP contribution in [0.5, 0.6) is 0 Å². The van der Waals surface area contributed by atoms with Crippen LogP contribution >= 0.6 is 0 Å². The molecule has 68 valence electrons. The highest BCUT2D eigenvalue weighted by Crippen LogP contribution is 2.57. The third-order valence-electron chi connectivity index (χ3n) is 3.90. The first-order chi connectivity index (χ1) is 5.69. The zero-order valence-corrected chi connectivity index (χ0v) is 8.14. The van der Waals surface area contributed by atoms with Gasteiger partial charge < -0.3 is 5.73 Å². The van der Waals surface area contributed by atoms with Crippen LogP contribution in [-0.2, 0) is 0 Å². The predicted molar refractivity (Wildman–Crippen MR) is 51.7 cm³/mol. The Hall–Kier alpha value is -0.300. The Bertz CT molecular complexity index is 219.